The largest absolute Gasteiger partial charge is 0.393 e. The van der Waals surface area contributed by atoms with Crippen molar-refractivity contribution in [2.24, 2.45) is 0 Å². The van der Waals surface area contributed by atoms with Crippen LogP contribution in [0.2, 0.25) is 15.5 Å². The predicted molar refractivity (Wildman–Crippen MR) is 421 cm³/mol. The van der Waals surface area contributed by atoms with Gasteiger partial charge in [0.25, 0.3) is 23.6 Å². The molecular formula is C81H81Cl3F2N16O10. The topological polar surface area (TPSA) is 353 Å². The van der Waals surface area contributed by atoms with Crippen molar-refractivity contribution >= 4 is 126 Å². The zero-order chi connectivity index (χ0) is 79.7. The Hall–Kier alpha value is -12.0. The number of likely N-dealkylation sites (tertiary alicyclic amines) is 2. The van der Waals surface area contributed by atoms with E-state index < -0.39 is 48.2 Å². The van der Waals surface area contributed by atoms with Gasteiger partial charge in [0.1, 0.15) is 74.0 Å². The van der Waals surface area contributed by atoms with Crippen molar-refractivity contribution in [3.05, 3.63) is 261 Å². The summed E-state index contributed by atoms with van der Waals surface area (Å²) >= 11 is 17.7. The van der Waals surface area contributed by atoms with Gasteiger partial charge in [-0.2, -0.15) is 0 Å². The number of aromatic amines is 4. The minimum absolute atomic E-state index is 0.144. The number of aromatic nitrogens is 8. The van der Waals surface area contributed by atoms with Crippen LogP contribution in [0.25, 0.3) is 43.6 Å². The molecule has 8 aromatic heterocycles. The van der Waals surface area contributed by atoms with Gasteiger partial charge in [0, 0.05) is 138 Å². The second-order valence-electron chi connectivity index (χ2n) is 27.4. The summed E-state index contributed by atoms with van der Waals surface area (Å²) in [5.41, 5.74) is 7.59. The number of β-amino-alcohol motifs (C(OH)–C–C–N with tert-alkyl or cyclic N) is 1. The number of hydrogen-bond acceptors (Lipinski definition) is 14. The summed E-state index contributed by atoms with van der Waals surface area (Å²) < 4.78 is 26.5. The molecule has 12 aromatic rings. The monoisotopic (exact) mass is 1580 g/mol. The quantitative estimate of drug-likeness (QED) is 0.0318. The highest BCUT2D eigenvalue weighted by atomic mass is 35.5. The second kappa shape index (κ2) is 37.6. The van der Waals surface area contributed by atoms with Crippen LogP contribution in [0.15, 0.2) is 189 Å². The first-order chi connectivity index (χ1) is 53.7. The van der Waals surface area contributed by atoms with Crippen molar-refractivity contribution in [2.45, 2.75) is 81.3 Å². The van der Waals surface area contributed by atoms with Crippen LogP contribution in [-0.4, -0.2) is 208 Å². The lowest BCUT2D eigenvalue weighted by Gasteiger charge is -2.32. The molecule has 0 spiro atoms. The van der Waals surface area contributed by atoms with Crippen molar-refractivity contribution in [3.8, 4) is 0 Å². The van der Waals surface area contributed by atoms with Gasteiger partial charge in [0.2, 0.25) is 23.6 Å². The number of amides is 8. The SMILES string of the molecule is CN(C)C(=O)[C@H](Cc1ccccc1)NC(=O)c1cc2cnc(Cl)cc2[nH]1.CN(C)C(=O)[C@H](Cc1ccccc1)NC(=O)c1cc2cnccc2[nH]1.O=C(N[C@@H](Cc1ccc(F)cc1)C(=O)N1CCC(O)CC1)c1cc2cnc(Cl)cc2[nH]1.O=C(N[C@@H](Cc1ccc(F)cc1)C(=O)N1CC[C@H](O)C1)c1cc2cnc(Cl)cc2[nH]1. The number of pyridine rings is 4. The molecule has 26 nitrogen and oxygen atoms in total. The van der Waals surface area contributed by atoms with Gasteiger partial charge in [-0.25, -0.2) is 23.7 Å². The molecule has 112 heavy (non-hydrogen) atoms. The molecule has 580 valence electrons. The number of aliphatic hydroxyl groups excluding tert-OH is 2. The van der Waals surface area contributed by atoms with Gasteiger partial charge in [-0.3, -0.25) is 43.3 Å². The van der Waals surface area contributed by atoms with E-state index in [0.717, 1.165) is 38.4 Å². The predicted octanol–water partition coefficient (Wildman–Crippen LogP) is 9.61. The molecule has 0 bridgehead atoms. The van der Waals surface area contributed by atoms with Crippen LogP contribution in [0, 0.1) is 11.6 Å². The van der Waals surface area contributed by atoms with E-state index in [1.165, 1.54) is 39.0 Å². The first kappa shape index (κ1) is 81.0. The van der Waals surface area contributed by atoms with Crippen LogP contribution in [0.3, 0.4) is 0 Å². The number of rotatable bonds is 20. The van der Waals surface area contributed by atoms with Crippen LogP contribution in [0.5, 0.6) is 0 Å². The molecule has 0 saturated carbocycles. The second-order valence-corrected chi connectivity index (χ2v) is 28.5. The van der Waals surface area contributed by atoms with Gasteiger partial charge in [-0.05, 0) is 114 Å². The summed E-state index contributed by atoms with van der Waals surface area (Å²) in [5, 5.41) is 34.8. The molecule has 0 aliphatic carbocycles. The Kier molecular flexibility index (Phi) is 27.2. The van der Waals surface area contributed by atoms with Crippen molar-refractivity contribution in [1.29, 1.82) is 0 Å². The number of nitrogens with one attached hydrogen (secondary N) is 8. The van der Waals surface area contributed by atoms with E-state index in [0.29, 0.717) is 106 Å². The summed E-state index contributed by atoms with van der Waals surface area (Å²) in [6, 6.07) is 41.2. The highest BCUT2D eigenvalue weighted by Crippen LogP contribution is 2.24. The molecule has 2 fully saturated rings. The van der Waals surface area contributed by atoms with E-state index in [1.807, 2.05) is 60.7 Å². The molecule has 2 aliphatic rings. The van der Waals surface area contributed by atoms with E-state index in [9.17, 15) is 57.4 Å². The van der Waals surface area contributed by atoms with Crippen molar-refractivity contribution in [3.63, 3.8) is 0 Å². The number of fused-ring (bicyclic) bond motifs is 4. The van der Waals surface area contributed by atoms with Crippen molar-refractivity contribution in [2.75, 3.05) is 54.4 Å². The fraction of sp³-hybridized carbons (Fsp3) is 0.259. The molecule has 14 rings (SSSR count). The van der Waals surface area contributed by atoms with Gasteiger partial charge >= 0.3 is 0 Å². The lowest BCUT2D eigenvalue weighted by Crippen LogP contribution is -2.52. The summed E-state index contributed by atoms with van der Waals surface area (Å²) in [4.78, 5) is 136. The first-order valence-electron chi connectivity index (χ1n) is 35.8. The Morgan fingerprint density at radius 2 is 0.750 bits per heavy atom. The number of halogens is 5. The third-order valence-corrected chi connectivity index (χ3v) is 19.2. The maximum Gasteiger partial charge on any atom is 0.268 e. The maximum absolute atomic E-state index is 13.3. The van der Waals surface area contributed by atoms with Crippen LogP contribution in [0.4, 0.5) is 8.78 Å². The average Bonchev–Trinajstić information content (AvgIpc) is 1.61. The summed E-state index contributed by atoms with van der Waals surface area (Å²) in [6.07, 6.45) is 9.84. The first-order valence-corrected chi connectivity index (χ1v) is 36.9. The Labute approximate surface area is 656 Å². The molecular weight excluding hydrogens is 1500 g/mol. The fourth-order valence-corrected chi connectivity index (χ4v) is 13.2. The lowest BCUT2D eigenvalue weighted by molar-refractivity contribution is -0.135. The number of benzene rings is 4. The number of hydrogen-bond donors (Lipinski definition) is 10. The van der Waals surface area contributed by atoms with E-state index in [-0.39, 0.29) is 77.9 Å². The summed E-state index contributed by atoms with van der Waals surface area (Å²) in [6.45, 7) is 1.50. The van der Waals surface area contributed by atoms with Gasteiger partial charge in [-0.1, -0.05) is 120 Å². The molecule has 5 atom stereocenters. The molecule has 10 heterocycles. The number of carbonyl (C=O) groups excluding carboxylic acids is 8. The van der Waals surface area contributed by atoms with E-state index in [4.69, 9.17) is 34.8 Å². The van der Waals surface area contributed by atoms with Crippen LogP contribution < -0.4 is 21.3 Å². The van der Waals surface area contributed by atoms with Crippen LogP contribution in [-0.2, 0) is 44.9 Å². The summed E-state index contributed by atoms with van der Waals surface area (Å²) in [5.74, 6) is -3.13. The Balaban J connectivity index is 0.000000148. The number of aliphatic hydroxyl groups is 2. The third-order valence-electron chi connectivity index (χ3n) is 18.6. The van der Waals surface area contributed by atoms with Gasteiger partial charge < -0.3 is 71.0 Å². The average molecular weight is 1580 g/mol. The minimum atomic E-state index is -0.860. The third kappa shape index (κ3) is 22.0. The minimum Gasteiger partial charge on any atom is -0.393 e. The van der Waals surface area contributed by atoms with Crippen molar-refractivity contribution < 1.29 is 57.4 Å². The van der Waals surface area contributed by atoms with E-state index >= 15 is 0 Å². The number of piperidine rings is 1. The number of nitrogens with zero attached hydrogens (tertiary/aromatic N) is 8. The molecule has 0 radical (unpaired) electrons. The van der Waals surface area contributed by atoms with Gasteiger partial charge in [0.15, 0.2) is 0 Å². The number of likely N-dealkylation sites (N-methyl/N-ethyl adjacent to an activating group) is 2. The van der Waals surface area contributed by atoms with E-state index in [1.54, 1.807) is 137 Å². The summed E-state index contributed by atoms with van der Waals surface area (Å²) in [7, 11) is 6.70. The number of carbonyl (C=O) groups is 8. The fourth-order valence-electron chi connectivity index (χ4n) is 12.7. The zero-order valence-electron chi connectivity index (χ0n) is 61.3. The normalized spacial score (nSPS) is 14.4. The standard InChI is InChI=1S/C22H22ClFN4O3.C21H20ClFN4O3.C19H19ClN4O2.C19H20N4O2/c23-20-11-17-14(12-25-20)10-18(26-17)21(30)27-19(9-13-1-3-15(24)4-2-13)22(31)28-7-5-16(29)6-8-28;22-19-9-16-13(10-24-19)8-17(25-16)20(29)26-18(7-12-1-3-14(23)4-2-12)21(30)27-6-5-15(28)11-27;1-24(2)19(26)16(8-12-6-4-3-5-7-12)23-18(25)15-9-13-11-21-17(20)10-14(13)22-15;1-23(2)19(25)17(10-13-6-4-3-5-7-13)22-18(24)16-11-14-12-20-9-8-15(14)21-16/h1-4,10-12,16,19,26,29H,5-9H2,(H,27,30);1-4,8-10,15,18,25,28H,5-7,11H2,(H,26,29);3-7,9-11,16,22H,8H2,1-2H3,(H,23,25);3-9,11-12,17,21H,10H2,1-2H3,(H,22,24)/t19-;15-,18-;16-;17-/m0000/s1. The lowest BCUT2D eigenvalue weighted by atomic mass is 10.0. The number of H-pyrrole nitrogens is 4. The molecule has 8 amide bonds. The Morgan fingerprint density at radius 1 is 0.429 bits per heavy atom. The molecule has 0 unspecified atom stereocenters. The van der Waals surface area contributed by atoms with Gasteiger partial charge in [0.05, 0.1) is 28.8 Å². The highest BCUT2D eigenvalue weighted by Gasteiger charge is 2.34. The molecule has 2 saturated heterocycles. The molecule has 10 N–H and O–H groups in total. The van der Waals surface area contributed by atoms with Crippen LogP contribution in [0.1, 0.15) is 83.5 Å². The smallest absolute Gasteiger partial charge is 0.268 e. The maximum atomic E-state index is 13.3. The Bertz CT molecular complexity index is 5280. The zero-order valence-corrected chi connectivity index (χ0v) is 63.5. The van der Waals surface area contributed by atoms with Crippen molar-refractivity contribution in [1.82, 2.24) is 80.7 Å². The molecule has 4 aromatic carbocycles. The molecule has 2 aliphatic heterocycles. The molecule has 31 heteroatoms. The highest BCUT2D eigenvalue weighted by molar-refractivity contribution is 6.30. The Morgan fingerprint density at radius 3 is 1.11 bits per heavy atom. The van der Waals surface area contributed by atoms with Gasteiger partial charge in [-0.15, -0.1) is 0 Å². The van der Waals surface area contributed by atoms with Crippen LogP contribution >= 0.6 is 34.8 Å². The van der Waals surface area contributed by atoms with E-state index in [2.05, 4.69) is 61.1 Å².